The van der Waals surface area contributed by atoms with E-state index in [2.05, 4.69) is 0 Å². The molecule has 0 radical (unpaired) electrons. The van der Waals surface area contributed by atoms with Crippen LogP contribution in [0.5, 0.6) is 0 Å². The van der Waals surface area contributed by atoms with Crippen LogP contribution in [0.4, 0.5) is 8.78 Å². The molecule has 0 saturated heterocycles. The van der Waals surface area contributed by atoms with E-state index in [1.165, 1.54) is 6.92 Å². The van der Waals surface area contributed by atoms with Crippen molar-refractivity contribution in [1.82, 2.24) is 0 Å². The molecule has 8 heavy (non-hydrogen) atoms. The monoisotopic (exact) mass is 120 g/mol. The Morgan fingerprint density at radius 3 is 1.75 bits per heavy atom. The van der Waals surface area contributed by atoms with Gasteiger partial charge in [0.2, 0.25) is 5.92 Å². The van der Waals surface area contributed by atoms with Crippen LogP contribution in [0, 0.1) is 0 Å². The molecule has 0 unspecified atom stereocenters. The van der Waals surface area contributed by atoms with Crippen LogP contribution in [0.2, 0.25) is 0 Å². The van der Waals surface area contributed by atoms with Crippen molar-refractivity contribution in [2.24, 2.45) is 0 Å². The van der Waals surface area contributed by atoms with E-state index >= 15 is 0 Å². The predicted molar refractivity (Wildman–Crippen MR) is 26.9 cm³/mol. The van der Waals surface area contributed by atoms with Crippen LogP contribution in [-0.4, -0.2) is 11.5 Å². The largest absolute Gasteiger partial charge is 0.672 e. The molecule has 1 fully saturated rings. The van der Waals surface area contributed by atoms with E-state index in [9.17, 15) is 8.78 Å². The molecule has 48 valence electrons. The second-order valence-electron chi connectivity index (χ2n) is 2.77. The standard InChI is InChI=1S/C5H8F2N/c1-4(8)2-5(6,7)3-4/h8H,2-3H2,1H3/q-1. The Balaban J connectivity index is 2.42. The maximum atomic E-state index is 11.9. The van der Waals surface area contributed by atoms with Crippen molar-refractivity contribution in [3.63, 3.8) is 0 Å². The third-order valence-electron chi connectivity index (χ3n) is 1.30. The Kier molecular flexibility index (Phi) is 0.899. The fourth-order valence-electron chi connectivity index (χ4n) is 1.09. The first-order chi connectivity index (χ1) is 3.41. The highest BCUT2D eigenvalue weighted by Crippen LogP contribution is 2.46. The van der Waals surface area contributed by atoms with Crippen LogP contribution in [0.3, 0.4) is 0 Å². The molecule has 0 atom stereocenters. The summed E-state index contributed by atoms with van der Waals surface area (Å²) >= 11 is 0. The first-order valence-electron chi connectivity index (χ1n) is 2.54. The zero-order valence-corrected chi connectivity index (χ0v) is 4.67. The summed E-state index contributed by atoms with van der Waals surface area (Å²) in [5.41, 5.74) is 6.20. The highest BCUT2D eigenvalue weighted by atomic mass is 19.3. The van der Waals surface area contributed by atoms with Gasteiger partial charge in [0.05, 0.1) is 0 Å². The van der Waals surface area contributed by atoms with Gasteiger partial charge in [-0.1, -0.05) is 6.92 Å². The minimum atomic E-state index is -2.53. The molecule has 1 N–H and O–H groups in total. The summed E-state index contributed by atoms with van der Waals surface area (Å²) in [6.45, 7) is 1.53. The molecule has 0 amide bonds. The number of hydrogen-bond acceptors (Lipinski definition) is 0. The SMILES string of the molecule is CC1([NH-])CC(F)(F)C1. The van der Waals surface area contributed by atoms with Gasteiger partial charge in [-0.05, 0) is 12.8 Å². The third-order valence-corrected chi connectivity index (χ3v) is 1.30. The molecule has 0 aromatic rings. The lowest BCUT2D eigenvalue weighted by molar-refractivity contribution is -0.103. The van der Waals surface area contributed by atoms with Gasteiger partial charge in [-0.25, -0.2) is 8.78 Å². The van der Waals surface area contributed by atoms with E-state index in [0.29, 0.717) is 0 Å². The van der Waals surface area contributed by atoms with Crippen molar-refractivity contribution >= 4 is 0 Å². The van der Waals surface area contributed by atoms with Crippen molar-refractivity contribution < 1.29 is 8.78 Å². The molecule has 0 heterocycles. The average molecular weight is 120 g/mol. The maximum Gasteiger partial charge on any atom is 0.245 e. The van der Waals surface area contributed by atoms with Crippen LogP contribution >= 0.6 is 0 Å². The summed E-state index contributed by atoms with van der Waals surface area (Å²) in [4.78, 5) is 0. The summed E-state index contributed by atoms with van der Waals surface area (Å²) in [6, 6.07) is 0. The van der Waals surface area contributed by atoms with E-state index in [4.69, 9.17) is 5.73 Å². The van der Waals surface area contributed by atoms with E-state index < -0.39 is 11.5 Å². The third kappa shape index (κ3) is 0.968. The van der Waals surface area contributed by atoms with Crippen molar-refractivity contribution in [3.8, 4) is 0 Å². The Hall–Kier alpha value is -0.180. The molecule has 1 rings (SSSR count). The van der Waals surface area contributed by atoms with E-state index in [1.54, 1.807) is 0 Å². The molecule has 1 saturated carbocycles. The number of nitrogens with one attached hydrogen (secondary N) is 1. The summed E-state index contributed by atoms with van der Waals surface area (Å²) in [5, 5.41) is 0. The van der Waals surface area contributed by atoms with Gasteiger partial charge in [0.1, 0.15) is 0 Å². The van der Waals surface area contributed by atoms with E-state index in [0.717, 1.165) is 0 Å². The van der Waals surface area contributed by atoms with Crippen molar-refractivity contribution in [2.45, 2.75) is 31.2 Å². The second kappa shape index (κ2) is 1.21. The number of halogens is 2. The molecule has 0 aromatic carbocycles. The van der Waals surface area contributed by atoms with Gasteiger partial charge in [0.15, 0.2) is 0 Å². The normalized spacial score (nSPS) is 31.5. The van der Waals surface area contributed by atoms with E-state index in [-0.39, 0.29) is 12.8 Å². The van der Waals surface area contributed by atoms with Crippen LogP contribution in [-0.2, 0) is 0 Å². The van der Waals surface area contributed by atoms with Crippen LogP contribution in [0.1, 0.15) is 19.8 Å². The Bertz CT molecular complexity index is 87.0. The molecule has 3 heteroatoms. The second-order valence-corrected chi connectivity index (χ2v) is 2.77. The van der Waals surface area contributed by atoms with Crippen LogP contribution in [0.25, 0.3) is 5.73 Å². The first-order valence-corrected chi connectivity index (χ1v) is 2.54. The number of rotatable bonds is 0. The minimum Gasteiger partial charge on any atom is -0.672 e. The molecule has 0 spiro atoms. The van der Waals surface area contributed by atoms with Gasteiger partial charge < -0.3 is 5.73 Å². The lowest BCUT2D eigenvalue weighted by atomic mass is 9.76. The van der Waals surface area contributed by atoms with Crippen molar-refractivity contribution in [1.29, 1.82) is 0 Å². The molecule has 1 nitrogen and oxygen atoms in total. The molecule has 1 aliphatic carbocycles. The van der Waals surface area contributed by atoms with Gasteiger partial charge in [-0.3, -0.25) is 0 Å². The van der Waals surface area contributed by atoms with Crippen LogP contribution < -0.4 is 0 Å². The summed E-state index contributed by atoms with van der Waals surface area (Å²) in [5.74, 6) is -2.53. The Labute approximate surface area is 46.9 Å². The van der Waals surface area contributed by atoms with Crippen LogP contribution in [0.15, 0.2) is 0 Å². The summed E-state index contributed by atoms with van der Waals surface area (Å²) in [6.07, 6.45) is -0.528. The zero-order valence-electron chi connectivity index (χ0n) is 4.67. The predicted octanol–water partition coefficient (Wildman–Crippen LogP) is 2.23. The lowest BCUT2D eigenvalue weighted by Crippen LogP contribution is -2.46. The van der Waals surface area contributed by atoms with Gasteiger partial charge in [0.25, 0.3) is 0 Å². The van der Waals surface area contributed by atoms with E-state index in [1.807, 2.05) is 0 Å². The average Bonchev–Trinajstić information content (AvgIpc) is 1.20. The zero-order chi connectivity index (χ0) is 6.41. The number of hydrogen-bond donors (Lipinski definition) is 0. The first kappa shape index (κ1) is 5.95. The fraction of sp³-hybridized carbons (Fsp3) is 1.00. The molecule has 0 aromatic heterocycles. The molecule has 1 aliphatic rings. The molecule has 0 bridgehead atoms. The highest BCUT2D eigenvalue weighted by Gasteiger charge is 2.46. The molecular formula is C5H8F2N-. The molecule has 0 aliphatic heterocycles. The number of alkyl halides is 2. The topological polar surface area (TPSA) is 23.8 Å². The Morgan fingerprint density at radius 1 is 1.38 bits per heavy atom. The van der Waals surface area contributed by atoms with Gasteiger partial charge in [-0.15, -0.1) is 5.54 Å². The van der Waals surface area contributed by atoms with Crippen molar-refractivity contribution in [3.05, 3.63) is 5.73 Å². The van der Waals surface area contributed by atoms with Gasteiger partial charge in [-0.2, -0.15) is 0 Å². The Morgan fingerprint density at radius 2 is 1.75 bits per heavy atom. The summed E-state index contributed by atoms with van der Waals surface area (Å²) < 4.78 is 23.8. The van der Waals surface area contributed by atoms with Gasteiger partial charge in [0, 0.05) is 0 Å². The molecular weight excluding hydrogens is 112 g/mol. The fourth-order valence-corrected chi connectivity index (χ4v) is 1.09. The summed E-state index contributed by atoms with van der Waals surface area (Å²) in [7, 11) is 0. The highest BCUT2D eigenvalue weighted by molar-refractivity contribution is 5.07. The van der Waals surface area contributed by atoms with Crippen molar-refractivity contribution in [2.75, 3.05) is 0 Å². The van der Waals surface area contributed by atoms with Gasteiger partial charge >= 0.3 is 0 Å². The minimum absolute atomic E-state index is 0.264. The smallest absolute Gasteiger partial charge is 0.245 e. The quantitative estimate of drug-likeness (QED) is 0.468. The lowest BCUT2D eigenvalue weighted by Gasteiger charge is -2.49. The maximum absolute atomic E-state index is 11.9.